The highest BCUT2D eigenvalue weighted by atomic mass is 16.6. The van der Waals surface area contributed by atoms with Crippen molar-refractivity contribution in [2.45, 2.75) is 63.4 Å². The molecule has 0 bridgehead atoms. The lowest BCUT2D eigenvalue weighted by molar-refractivity contribution is -0.0959. The van der Waals surface area contributed by atoms with Crippen LogP contribution in [-0.2, 0) is 4.84 Å². The molecular formula is C21H32N2O2. The molecule has 1 aromatic carbocycles. The van der Waals surface area contributed by atoms with Gasteiger partial charge in [0.05, 0.1) is 5.60 Å². The van der Waals surface area contributed by atoms with E-state index in [1.807, 2.05) is 6.21 Å². The van der Waals surface area contributed by atoms with Crippen LogP contribution in [0.25, 0.3) is 0 Å². The van der Waals surface area contributed by atoms with E-state index < -0.39 is 5.60 Å². The fourth-order valence-electron chi connectivity index (χ4n) is 4.81. The molecule has 0 aromatic heterocycles. The zero-order chi connectivity index (χ0) is 17.8. The van der Waals surface area contributed by atoms with Gasteiger partial charge in [-0.1, -0.05) is 42.4 Å². The van der Waals surface area contributed by atoms with E-state index in [0.29, 0.717) is 25.0 Å². The first-order valence-corrected chi connectivity index (χ1v) is 9.72. The Morgan fingerprint density at radius 1 is 1.24 bits per heavy atom. The van der Waals surface area contributed by atoms with Gasteiger partial charge >= 0.3 is 0 Å². The van der Waals surface area contributed by atoms with Crippen molar-refractivity contribution in [1.82, 2.24) is 0 Å². The van der Waals surface area contributed by atoms with Crippen molar-refractivity contribution in [3.05, 3.63) is 35.9 Å². The number of unbranched alkanes of at least 4 members (excludes halogenated alkanes) is 1. The Kier molecular flexibility index (Phi) is 5.80. The largest absolute Gasteiger partial charge is 0.396 e. The van der Waals surface area contributed by atoms with E-state index in [2.05, 4.69) is 42.4 Å². The highest BCUT2D eigenvalue weighted by Crippen LogP contribution is 2.60. The third-order valence-corrected chi connectivity index (χ3v) is 6.62. The van der Waals surface area contributed by atoms with Crippen molar-refractivity contribution in [3.8, 4) is 0 Å². The molecule has 25 heavy (non-hydrogen) atoms. The summed E-state index contributed by atoms with van der Waals surface area (Å²) in [5.74, 6) is 0.756. The van der Waals surface area contributed by atoms with Crippen LogP contribution in [0.1, 0.15) is 63.4 Å². The second kappa shape index (κ2) is 7.88. The molecule has 3 rings (SSSR count). The average molecular weight is 344 g/mol. The van der Waals surface area contributed by atoms with Crippen LogP contribution in [0.3, 0.4) is 0 Å². The molecule has 2 aliphatic rings. The predicted molar refractivity (Wildman–Crippen MR) is 102 cm³/mol. The Balaban J connectivity index is 1.62. The molecule has 4 heteroatoms. The summed E-state index contributed by atoms with van der Waals surface area (Å²) in [6.45, 7) is 3.56. The highest BCUT2D eigenvalue weighted by molar-refractivity contribution is 5.62. The maximum absolute atomic E-state index is 11.4. The first kappa shape index (κ1) is 18.4. The molecule has 2 fully saturated rings. The summed E-state index contributed by atoms with van der Waals surface area (Å²) in [5, 5.41) is 15.6. The number of hydrogen-bond donors (Lipinski definition) is 2. The van der Waals surface area contributed by atoms with E-state index in [0.717, 1.165) is 44.9 Å². The van der Waals surface area contributed by atoms with E-state index in [9.17, 15) is 5.11 Å². The quantitative estimate of drug-likeness (QED) is 0.448. The number of rotatable bonds is 7. The van der Waals surface area contributed by atoms with Crippen molar-refractivity contribution in [3.63, 3.8) is 0 Å². The van der Waals surface area contributed by atoms with Gasteiger partial charge in [0.1, 0.15) is 6.61 Å². The Hall–Kier alpha value is -1.39. The van der Waals surface area contributed by atoms with Gasteiger partial charge < -0.3 is 15.7 Å². The molecule has 2 aliphatic carbocycles. The van der Waals surface area contributed by atoms with Crippen molar-refractivity contribution in [2.24, 2.45) is 22.2 Å². The fraction of sp³-hybridized carbons (Fsp3) is 0.667. The molecule has 2 saturated carbocycles. The molecule has 4 nitrogen and oxygen atoms in total. The highest BCUT2D eigenvalue weighted by Gasteiger charge is 2.58. The van der Waals surface area contributed by atoms with Gasteiger partial charge in [0.25, 0.3) is 0 Å². The summed E-state index contributed by atoms with van der Waals surface area (Å²) in [7, 11) is 0. The molecule has 3 N–H and O–H groups in total. The van der Waals surface area contributed by atoms with Gasteiger partial charge in [-0.2, -0.15) is 0 Å². The normalized spacial score (nSPS) is 35.0. The third kappa shape index (κ3) is 3.75. The molecular weight excluding hydrogens is 312 g/mol. The van der Waals surface area contributed by atoms with Crippen LogP contribution < -0.4 is 5.73 Å². The van der Waals surface area contributed by atoms with Gasteiger partial charge in [0, 0.05) is 17.5 Å². The second-order valence-corrected chi connectivity index (χ2v) is 8.03. The minimum absolute atomic E-state index is 0.0948. The van der Waals surface area contributed by atoms with Crippen LogP contribution in [0.5, 0.6) is 0 Å². The number of fused-ring (bicyclic) bond motifs is 1. The van der Waals surface area contributed by atoms with Gasteiger partial charge in [0.15, 0.2) is 0 Å². The smallest absolute Gasteiger partial charge is 0.117 e. The molecule has 138 valence electrons. The molecule has 0 heterocycles. The lowest BCUT2D eigenvalue weighted by Crippen LogP contribution is -2.49. The lowest BCUT2D eigenvalue weighted by Gasteiger charge is -2.48. The first-order valence-electron chi connectivity index (χ1n) is 9.72. The zero-order valence-electron chi connectivity index (χ0n) is 15.4. The maximum Gasteiger partial charge on any atom is 0.117 e. The monoisotopic (exact) mass is 344 g/mol. The van der Waals surface area contributed by atoms with Crippen LogP contribution in [-0.4, -0.2) is 30.1 Å². The van der Waals surface area contributed by atoms with Crippen LogP contribution in [0.15, 0.2) is 35.5 Å². The molecule has 0 amide bonds. The maximum atomic E-state index is 11.4. The van der Waals surface area contributed by atoms with E-state index in [1.165, 1.54) is 5.56 Å². The van der Waals surface area contributed by atoms with Gasteiger partial charge in [-0.25, -0.2) is 0 Å². The van der Waals surface area contributed by atoms with E-state index in [1.54, 1.807) is 0 Å². The minimum atomic E-state index is -0.595. The van der Waals surface area contributed by atoms with E-state index >= 15 is 0 Å². The SMILES string of the molecule is C[C@]12CC[C@H](c3ccccc3)C[C@@]1(O)CC[C@@H]2C=NOCCCCN. The van der Waals surface area contributed by atoms with Crippen LogP contribution in [0.2, 0.25) is 0 Å². The van der Waals surface area contributed by atoms with Crippen LogP contribution >= 0.6 is 0 Å². The molecule has 0 saturated heterocycles. The minimum Gasteiger partial charge on any atom is -0.396 e. The van der Waals surface area contributed by atoms with Gasteiger partial charge in [-0.3, -0.25) is 0 Å². The molecule has 4 atom stereocenters. The topological polar surface area (TPSA) is 67.8 Å². The summed E-state index contributed by atoms with van der Waals surface area (Å²) in [4.78, 5) is 5.38. The summed E-state index contributed by atoms with van der Waals surface area (Å²) < 4.78 is 0. The summed E-state index contributed by atoms with van der Waals surface area (Å²) in [6, 6.07) is 10.6. The van der Waals surface area contributed by atoms with Crippen molar-refractivity contribution in [1.29, 1.82) is 0 Å². The standard InChI is InChI=1S/C21H32N2O2/c1-20-11-9-18(17-7-3-2-4-8-17)15-21(20,24)12-10-19(20)16-23-25-14-6-5-13-22/h2-4,7-8,16,18-19,24H,5-6,9-15,22H2,1H3/t18-,19+,20+,21-/m0/s1. The van der Waals surface area contributed by atoms with Crippen molar-refractivity contribution < 1.29 is 9.94 Å². The zero-order valence-corrected chi connectivity index (χ0v) is 15.4. The van der Waals surface area contributed by atoms with Crippen LogP contribution in [0, 0.1) is 11.3 Å². The Morgan fingerprint density at radius 2 is 2.04 bits per heavy atom. The molecule has 0 radical (unpaired) electrons. The predicted octanol–water partition coefficient (Wildman–Crippen LogP) is 3.84. The Labute approximate surface area is 151 Å². The Bertz CT molecular complexity index is 577. The van der Waals surface area contributed by atoms with E-state index in [-0.39, 0.29) is 5.41 Å². The molecule has 1 aromatic rings. The number of aliphatic hydroxyl groups is 1. The summed E-state index contributed by atoms with van der Waals surface area (Å²) in [6.07, 6.45) is 8.73. The number of nitrogens with zero attached hydrogens (tertiary/aromatic N) is 1. The van der Waals surface area contributed by atoms with Crippen molar-refractivity contribution >= 4 is 6.21 Å². The third-order valence-electron chi connectivity index (χ3n) is 6.62. The Morgan fingerprint density at radius 3 is 2.80 bits per heavy atom. The molecule has 0 aliphatic heterocycles. The molecule has 0 unspecified atom stereocenters. The van der Waals surface area contributed by atoms with Gasteiger partial charge in [-0.05, 0) is 63.0 Å². The lowest BCUT2D eigenvalue weighted by atomic mass is 9.59. The fourth-order valence-corrected chi connectivity index (χ4v) is 4.81. The van der Waals surface area contributed by atoms with E-state index in [4.69, 9.17) is 10.6 Å². The number of benzene rings is 1. The summed E-state index contributed by atoms with van der Waals surface area (Å²) in [5.41, 5.74) is 6.15. The average Bonchev–Trinajstić information content (AvgIpc) is 2.89. The van der Waals surface area contributed by atoms with Gasteiger partial charge in [-0.15, -0.1) is 0 Å². The molecule has 0 spiro atoms. The number of nitrogens with two attached hydrogens (primary N) is 1. The second-order valence-electron chi connectivity index (χ2n) is 8.03. The van der Waals surface area contributed by atoms with Crippen LogP contribution in [0.4, 0.5) is 0 Å². The van der Waals surface area contributed by atoms with Crippen molar-refractivity contribution in [2.75, 3.05) is 13.2 Å². The first-order chi connectivity index (χ1) is 12.1. The number of hydrogen-bond acceptors (Lipinski definition) is 4. The number of oxime groups is 1. The van der Waals surface area contributed by atoms with Gasteiger partial charge in [0.2, 0.25) is 0 Å². The summed E-state index contributed by atoms with van der Waals surface area (Å²) >= 11 is 0.